The molecule has 17 heavy (non-hydrogen) atoms. The van der Waals surface area contributed by atoms with Crippen molar-refractivity contribution in [2.24, 2.45) is 0 Å². The Bertz CT molecular complexity index is 518. The van der Waals surface area contributed by atoms with Crippen molar-refractivity contribution in [3.05, 3.63) is 66.6 Å². The minimum atomic E-state index is -0.287. The molecule has 2 aromatic carbocycles. The molecule has 0 aliphatic heterocycles. The van der Waals surface area contributed by atoms with E-state index in [2.05, 4.69) is 6.92 Å². The maximum atomic E-state index is 13.4. The smallest absolute Gasteiger partial charge is 0.126 e. The van der Waals surface area contributed by atoms with Gasteiger partial charge in [-0.3, -0.25) is 0 Å². The van der Waals surface area contributed by atoms with Crippen molar-refractivity contribution < 1.29 is 8.78 Å². The van der Waals surface area contributed by atoms with Gasteiger partial charge in [0.1, 0.15) is 11.6 Å². The average molecular weight is 231 g/mol. The molecular weight excluding hydrogens is 218 g/mol. The van der Waals surface area contributed by atoms with Crippen LogP contribution in [-0.2, 0) is 6.42 Å². The topological polar surface area (TPSA) is 0 Å². The third-order valence-electron chi connectivity index (χ3n) is 2.65. The van der Waals surface area contributed by atoms with Gasteiger partial charge in [0.15, 0.2) is 0 Å². The van der Waals surface area contributed by atoms with Gasteiger partial charge >= 0.3 is 0 Å². The van der Waals surface area contributed by atoms with Crippen molar-refractivity contribution in [1.29, 1.82) is 0 Å². The summed E-state index contributed by atoms with van der Waals surface area (Å²) < 4.78 is 26.5. The number of aryl methyl sites for hydroxylation is 1. The second-order valence-electron chi connectivity index (χ2n) is 3.92. The molecule has 0 saturated carbocycles. The third-order valence-corrected chi connectivity index (χ3v) is 2.65. The number of hydrogen-bond acceptors (Lipinski definition) is 0. The lowest BCUT2D eigenvalue weighted by molar-refractivity contribution is 0.609. The number of benzene rings is 2. The van der Waals surface area contributed by atoms with Crippen LogP contribution in [0.25, 0.3) is 11.1 Å². The van der Waals surface area contributed by atoms with Crippen LogP contribution < -0.4 is 0 Å². The van der Waals surface area contributed by atoms with Gasteiger partial charge in [-0.2, -0.15) is 0 Å². The van der Waals surface area contributed by atoms with Crippen LogP contribution in [0.5, 0.6) is 0 Å². The summed E-state index contributed by atoms with van der Waals surface area (Å²) in [5.41, 5.74) is 2.21. The van der Waals surface area contributed by atoms with Crippen molar-refractivity contribution in [3.63, 3.8) is 0 Å². The van der Waals surface area contributed by atoms with E-state index in [1.807, 2.05) is 6.07 Å². The molecule has 0 atom stereocenters. The minimum absolute atomic E-state index is 0.228. The zero-order chi connectivity index (χ0) is 12.3. The van der Waals surface area contributed by atoms with Gasteiger partial charge in [-0.15, -0.1) is 0 Å². The standard InChI is InChI=1S/C15H13F2/c1-2-4-13-9-12(7-8-15(13)17)11-5-3-6-14(16)10-11/h3,5-10H,1-2,4H2. The zero-order valence-electron chi connectivity index (χ0n) is 9.42. The van der Waals surface area contributed by atoms with Gasteiger partial charge in [0, 0.05) is 0 Å². The highest BCUT2D eigenvalue weighted by atomic mass is 19.1. The van der Waals surface area contributed by atoms with Crippen molar-refractivity contribution in [2.45, 2.75) is 12.8 Å². The SMILES string of the molecule is [CH2]CCc1cc(-c2cccc(F)c2)ccc1F. The highest BCUT2D eigenvalue weighted by Crippen LogP contribution is 2.23. The van der Waals surface area contributed by atoms with Crippen LogP contribution in [0.3, 0.4) is 0 Å². The summed E-state index contributed by atoms with van der Waals surface area (Å²) in [6, 6.07) is 11.1. The molecule has 0 unspecified atom stereocenters. The molecule has 0 heterocycles. The van der Waals surface area contributed by atoms with Crippen LogP contribution in [-0.4, -0.2) is 0 Å². The van der Waals surface area contributed by atoms with Crippen molar-refractivity contribution >= 4 is 0 Å². The third kappa shape index (κ3) is 2.70. The number of halogens is 2. The van der Waals surface area contributed by atoms with Crippen molar-refractivity contribution in [1.82, 2.24) is 0 Å². The Labute approximate surface area is 99.9 Å². The normalized spacial score (nSPS) is 10.5. The molecule has 2 heteroatoms. The molecule has 0 aliphatic rings. The lowest BCUT2D eigenvalue weighted by Gasteiger charge is -2.06. The first kappa shape index (κ1) is 11.8. The quantitative estimate of drug-likeness (QED) is 0.734. The Morgan fingerprint density at radius 1 is 0.941 bits per heavy atom. The van der Waals surface area contributed by atoms with E-state index in [-0.39, 0.29) is 11.6 Å². The summed E-state index contributed by atoms with van der Waals surface area (Å²) in [6.45, 7) is 3.71. The fraction of sp³-hybridized carbons (Fsp3) is 0.133. The summed E-state index contributed by atoms with van der Waals surface area (Å²) in [4.78, 5) is 0. The average Bonchev–Trinajstić information content (AvgIpc) is 2.32. The van der Waals surface area contributed by atoms with Crippen molar-refractivity contribution in [2.75, 3.05) is 0 Å². The predicted molar refractivity (Wildman–Crippen MR) is 65.5 cm³/mol. The van der Waals surface area contributed by atoms with E-state index in [9.17, 15) is 8.78 Å². The molecule has 0 N–H and O–H groups in total. The minimum Gasteiger partial charge on any atom is -0.207 e. The lowest BCUT2D eigenvalue weighted by atomic mass is 10.0. The van der Waals surface area contributed by atoms with E-state index in [4.69, 9.17) is 0 Å². The first-order chi connectivity index (χ1) is 8.20. The van der Waals surface area contributed by atoms with Gasteiger partial charge in [0.05, 0.1) is 0 Å². The molecule has 0 aliphatic carbocycles. The monoisotopic (exact) mass is 231 g/mol. The van der Waals surface area contributed by atoms with Gasteiger partial charge < -0.3 is 0 Å². The predicted octanol–water partition coefficient (Wildman–Crippen LogP) is 4.40. The van der Waals surface area contributed by atoms with Gasteiger partial charge in [0.25, 0.3) is 0 Å². The number of rotatable bonds is 3. The largest absolute Gasteiger partial charge is 0.207 e. The van der Waals surface area contributed by atoms with Crippen LogP contribution >= 0.6 is 0 Å². The molecule has 0 amide bonds. The van der Waals surface area contributed by atoms with E-state index in [1.54, 1.807) is 18.2 Å². The van der Waals surface area contributed by atoms with Crippen molar-refractivity contribution in [3.8, 4) is 11.1 Å². The van der Waals surface area contributed by atoms with Crippen LogP contribution in [0.15, 0.2) is 42.5 Å². The molecule has 0 fully saturated rings. The molecule has 0 saturated heterocycles. The van der Waals surface area contributed by atoms with E-state index < -0.39 is 0 Å². The molecular formula is C15H13F2. The first-order valence-electron chi connectivity index (χ1n) is 5.54. The van der Waals surface area contributed by atoms with E-state index in [0.29, 0.717) is 18.4 Å². The summed E-state index contributed by atoms with van der Waals surface area (Å²) in [5, 5.41) is 0. The maximum Gasteiger partial charge on any atom is 0.126 e. The fourth-order valence-corrected chi connectivity index (χ4v) is 1.80. The van der Waals surface area contributed by atoms with Gasteiger partial charge in [-0.1, -0.05) is 25.1 Å². The molecule has 0 nitrogen and oxygen atoms in total. The second-order valence-corrected chi connectivity index (χ2v) is 3.92. The van der Waals surface area contributed by atoms with E-state index in [0.717, 1.165) is 11.1 Å². The molecule has 87 valence electrons. The molecule has 2 rings (SSSR count). The van der Waals surface area contributed by atoms with Crippen LogP contribution in [0, 0.1) is 18.6 Å². The Balaban J connectivity index is 2.42. The first-order valence-corrected chi connectivity index (χ1v) is 5.54. The summed E-state index contributed by atoms with van der Waals surface area (Å²) in [7, 11) is 0. The highest BCUT2D eigenvalue weighted by Gasteiger charge is 2.05. The summed E-state index contributed by atoms with van der Waals surface area (Å²) in [6.07, 6.45) is 1.23. The number of hydrogen-bond donors (Lipinski definition) is 0. The molecule has 0 aromatic heterocycles. The van der Waals surface area contributed by atoms with Crippen LogP contribution in [0.1, 0.15) is 12.0 Å². The second kappa shape index (κ2) is 5.09. The molecule has 0 spiro atoms. The maximum absolute atomic E-state index is 13.4. The Hall–Kier alpha value is -1.70. The van der Waals surface area contributed by atoms with Crippen LogP contribution in [0.4, 0.5) is 8.78 Å². The van der Waals surface area contributed by atoms with Gasteiger partial charge in [0.2, 0.25) is 0 Å². The summed E-state index contributed by atoms with van der Waals surface area (Å²) in [5.74, 6) is -0.515. The molecule has 0 bridgehead atoms. The zero-order valence-corrected chi connectivity index (χ0v) is 9.42. The Morgan fingerprint density at radius 2 is 1.71 bits per heavy atom. The van der Waals surface area contributed by atoms with Gasteiger partial charge in [-0.05, 0) is 53.8 Å². The molecule has 2 aromatic rings. The summed E-state index contributed by atoms with van der Waals surface area (Å²) >= 11 is 0. The Morgan fingerprint density at radius 3 is 2.41 bits per heavy atom. The molecule has 1 radical (unpaired) electrons. The lowest BCUT2D eigenvalue weighted by Crippen LogP contribution is -1.91. The fourth-order valence-electron chi connectivity index (χ4n) is 1.80. The van der Waals surface area contributed by atoms with E-state index >= 15 is 0 Å². The van der Waals surface area contributed by atoms with Crippen LogP contribution in [0.2, 0.25) is 0 Å². The van der Waals surface area contributed by atoms with E-state index in [1.165, 1.54) is 18.2 Å². The Kier molecular flexibility index (Phi) is 3.52. The highest BCUT2D eigenvalue weighted by molar-refractivity contribution is 5.64. The van der Waals surface area contributed by atoms with Gasteiger partial charge in [-0.25, -0.2) is 8.78 Å².